The van der Waals surface area contributed by atoms with Gasteiger partial charge in [-0.15, -0.1) is 0 Å². The smallest absolute Gasteiger partial charge is 0.303 e. The van der Waals surface area contributed by atoms with Crippen LogP contribution < -0.4 is 0 Å². The summed E-state index contributed by atoms with van der Waals surface area (Å²) in [6.07, 6.45) is 10.2. The fourth-order valence-corrected chi connectivity index (χ4v) is 3.05. The van der Waals surface area contributed by atoms with Gasteiger partial charge in [-0.05, 0) is 32.1 Å². The van der Waals surface area contributed by atoms with Crippen LogP contribution in [0, 0.1) is 11.8 Å². The number of allylic oxidation sites excluding steroid dienone is 2. The summed E-state index contributed by atoms with van der Waals surface area (Å²) < 4.78 is 5.76. The van der Waals surface area contributed by atoms with E-state index in [4.69, 9.17) is 9.84 Å². The van der Waals surface area contributed by atoms with E-state index in [0.29, 0.717) is 12.3 Å². The second-order valence-electron chi connectivity index (χ2n) is 5.16. The Kier molecular flexibility index (Phi) is 4.53. The molecular formula is C14H20O4. The first-order valence-corrected chi connectivity index (χ1v) is 6.70. The summed E-state index contributed by atoms with van der Waals surface area (Å²) in [5.74, 6) is -0.352. The second-order valence-corrected chi connectivity index (χ2v) is 5.16. The molecule has 18 heavy (non-hydrogen) atoms. The summed E-state index contributed by atoms with van der Waals surface area (Å²) in [4.78, 5) is 21.4. The van der Waals surface area contributed by atoms with E-state index >= 15 is 0 Å². The summed E-state index contributed by atoms with van der Waals surface area (Å²) >= 11 is 0. The van der Waals surface area contributed by atoms with Gasteiger partial charge in [-0.1, -0.05) is 12.2 Å². The molecule has 0 amide bonds. The van der Waals surface area contributed by atoms with Crippen LogP contribution in [0.25, 0.3) is 0 Å². The lowest BCUT2D eigenvalue weighted by atomic mass is 9.78. The number of carbonyl (C=O) groups is 2. The average Bonchev–Trinajstić information content (AvgIpc) is 2.93. The molecule has 4 atom stereocenters. The topological polar surface area (TPSA) is 63.6 Å². The maximum absolute atomic E-state index is 11.0. The molecule has 0 radical (unpaired) electrons. The minimum absolute atomic E-state index is 0.0624. The van der Waals surface area contributed by atoms with Crippen LogP contribution in [-0.4, -0.2) is 29.6 Å². The van der Waals surface area contributed by atoms with Crippen LogP contribution in [0.2, 0.25) is 0 Å². The highest BCUT2D eigenvalue weighted by Crippen LogP contribution is 2.44. The van der Waals surface area contributed by atoms with Crippen molar-refractivity contribution in [2.24, 2.45) is 11.8 Å². The number of aliphatic carboxylic acids is 1. The lowest BCUT2D eigenvalue weighted by Crippen LogP contribution is -2.27. The van der Waals surface area contributed by atoms with Gasteiger partial charge >= 0.3 is 5.97 Å². The van der Waals surface area contributed by atoms with E-state index in [1.165, 1.54) is 0 Å². The minimum atomic E-state index is -0.745. The predicted molar refractivity (Wildman–Crippen MR) is 66.2 cm³/mol. The number of carbonyl (C=O) groups excluding carboxylic acids is 1. The van der Waals surface area contributed by atoms with Crippen molar-refractivity contribution in [2.45, 2.75) is 50.7 Å². The second kappa shape index (κ2) is 6.14. The normalized spacial score (nSPS) is 34.2. The Morgan fingerprint density at radius 1 is 1.28 bits per heavy atom. The van der Waals surface area contributed by atoms with Crippen molar-refractivity contribution in [2.75, 3.05) is 0 Å². The largest absolute Gasteiger partial charge is 0.481 e. The van der Waals surface area contributed by atoms with Crippen molar-refractivity contribution >= 4 is 12.3 Å². The maximum Gasteiger partial charge on any atom is 0.303 e. The number of aldehydes is 1. The molecule has 0 aliphatic carbocycles. The SMILES string of the molecule is O=C[C@H]1[C@H](C/C=C\CCCC(=O)O)[C@H]2CC[C@@H]1O2. The van der Waals surface area contributed by atoms with Crippen LogP contribution in [0.3, 0.4) is 0 Å². The van der Waals surface area contributed by atoms with Crippen LogP contribution in [0.4, 0.5) is 0 Å². The quantitative estimate of drug-likeness (QED) is 0.428. The standard InChI is InChI=1S/C14H20O4/c15-9-11-10(12-7-8-13(11)18-12)5-3-1-2-4-6-14(16)17/h1,3,9-13H,2,4-8H2,(H,16,17)/b3-1-/t10-,11-,12+,13-/m0/s1. The highest BCUT2D eigenvalue weighted by molar-refractivity contribution is 5.66. The van der Waals surface area contributed by atoms with Gasteiger partial charge in [0.25, 0.3) is 0 Å². The third-order valence-electron chi connectivity index (χ3n) is 3.98. The summed E-state index contributed by atoms with van der Waals surface area (Å²) in [5.41, 5.74) is 0. The van der Waals surface area contributed by atoms with E-state index in [0.717, 1.165) is 32.0 Å². The molecule has 2 rings (SSSR count). The third-order valence-corrected chi connectivity index (χ3v) is 3.98. The molecular weight excluding hydrogens is 232 g/mol. The molecule has 2 aliphatic heterocycles. The predicted octanol–water partition coefficient (Wildman–Crippen LogP) is 2.18. The Labute approximate surface area is 107 Å². The number of hydrogen-bond donors (Lipinski definition) is 1. The molecule has 0 saturated carbocycles. The van der Waals surface area contributed by atoms with Gasteiger partial charge in [0.15, 0.2) is 0 Å². The Morgan fingerprint density at radius 3 is 2.78 bits per heavy atom. The van der Waals surface area contributed by atoms with Gasteiger partial charge < -0.3 is 14.6 Å². The molecule has 2 saturated heterocycles. The molecule has 1 N–H and O–H groups in total. The molecule has 4 heteroatoms. The van der Waals surface area contributed by atoms with Crippen LogP contribution in [-0.2, 0) is 14.3 Å². The monoisotopic (exact) mass is 252 g/mol. The average molecular weight is 252 g/mol. The van der Waals surface area contributed by atoms with Crippen molar-refractivity contribution in [1.29, 1.82) is 0 Å². The van der Waals surface area contributed by atoms with Crippen molar-refractivity contribution in [3.8, 4) is 0 Å². The number of carboxylic acids is 1. The van der Waals surface area contributed by atoms with Crippen LogP contribution >= 0.6 is 0 Å². The minimum Gasteiger partial charge on any atom is -0.481 e. The van der Waals surface area contributed by atoms with Gasteiger partial charge in [-0.2, -0.15) is 0 Å². The fraction of sp³-hybridized carbons (Fsp3) is 0.714. The number of carboxylic acid groups (broad SMARTS) is 1. The first kappa shape index (κ1) is 13.3. The molecule has 100 valence electrons. The summed E-state index contributed by atoms with van der Waals surface area (Å²) in [5, 5.41) is 8.50. The van der Waals surface area contributed by atoms with E-state index in [-0.39, 0.29) is 24.5 Å². The van der Waals surface area contributed by atoms with E-state index < -0.39 is 5.97 Å². The number of hydrogen-bond acceptors (Lipinski definition) is 3. The zero-order valence-corrected chi connectivity index (χ0v) is 10.5. The van der Waals surface area contributed by atoms with Crippen molar-refractivity contribution in [1.82, 2.24) is 0 Å². The van der Waals surface area contributed by atoms with Crippen LogP contribution in [0.15, 0.2) is 12.2 Å². The lowest BCUT2D eigenvalue weighted by molar-refractivity contribution is -0.137. The zero-order valence-electron chi connectivity index (χ0n) is 10.5. The van der Waals surface area contributed by atoms with Crippen LogP contribution in [0.1, 0.15) is 38.5 Å². The Morgan fingerprint density at radius 2 is 2.06 bits per heavy atom. The number of ether oxygens (including phenoxy) is 1. The summed E-state index contributed by atoms with van der Waals surface area (Å²) in [7, 11) is 0. The van der Waals surface area contributed by atoms with Gasteiger partial charge in [0.1, 0.15) is 6.29 Å². The first-order chi connectivity index (χ1) is 8.72. The molecule has 4 nitrogen and oxygen atoms in total. The molecule has 2 bridgehead atoms. The Hall–Kier alpha value is -1.16. The van der Waals surface area contributed by atoms with Crippen molar-refractivity contribution < 1.29 is 19.4 Å². The molecule has 2 aliphatic rings. The molecule has 0 aromatic carbocycles. The fourth-order valence-electron chi connectivity index (χ4n) is 3.05. The van der Waals surface area contributed by atoms with Gasteiger partial charge in [-0.25, -0.2) is 0 Å². The van der Waals surface area contributed by atoms with Gasteiger partial charge in [0, 0.05) is 18.3 Å². The number of rotatable bonds is 7. The van der Waals surface area contributed by atoms with Gasteiger partial charge in [-0.3, -0.25) is 4.79 Å². The number of fused-ring (bicyclic) bond motifs is 2. The van der Waals surface area contributed by atoms with Gasteiger partial charge in [0.2, 0.25) is 0 Å². The summed E-state index contributed by atoms with van der Waals surface area (Å²) in [6, 6.07) is 0. The lowest BCUT2D eigenvalue weighted by Gasteiger charge is -2.22. The van der Waals surface area contributed by atoms with E-state index in [1.54, 1.807) is 0 Å². The Bertz CT molecular complexity index is 337. The van der Waals surface area contributed by atoms with Crippen molar-refractivity contribution in [3.05, 3.63) is 12.2 Å². The van der Waals surface area contributed by atoms with E-state index in [9.17, 15) is 9.59 Å². The summed E-state index contributed by atoms with van der Waals surface area (Å²) in [6.45, 7) is 0. The molecule has 2 fully saturated rings. The van der Waals surface area contributed by atoms with Crippen LogP contribution in [0.5, 0.6) is 0 Å². The zero-order chi connectivity index (χ0) is 13.0. The maximum atomic E-state index is 11.0. The molecule has 0 aromatic rings. The van der Waals surface area contributed by atoms with E-state index in [2.05, 4.69) is 6.08 Å². The highest BCUT2D eigenvalue weighted by atomic mass is 16.5. The number of unbranched alkanes of at least 4 members (excludes halogenated alkanes) is 1. The molecule has 0 spiro atoms. The van der Waals surface area contributed by atoms with Gasteiger partial charge in [0.05, 0.1) is 12.2 Å². The molecule has 2 heterocycles. The van der Waals surface area contributed by atoms with E-state index in [1.807, 2.05) is 6.08 Å². The molecule has 0 aromatic heterocycles. The molecule has 0 unspecified atom stereocenters. The van der Waals surface area contributed by atoms with Crippen molar-refractivity contribution in [3.63, 3.8) is 0 Å². The highest BCUT2D eigenvalue weighted by Gasteiger charge is 2.47. The first-order valence-electron chi connectivity index (χ1n) is 6.70. The Balaban J connectivity index is 1.71. The third kappa shape index (κ3) is 2.99.